The van der Waals surface area contributed by atoms with Crippen LogP contribution in [0.4, 0.5) is 10.5 Å². The molecule has 0 radical (unpaired) electrons. The van der Waals surface area contributed by atoms with Crippen LogP contribution in [0.2, 0.25) is 0 Å². The van der Waals surface area contributed by atoms with Gasteiger partial charge in [0, 0.05) is 18.9 Å². The van der Waals surface area contributed by atoms with E-state index in [9.17, 15) is 4.79 Å². The van der Waals surface area contributed by atoms with Crippen LogP contribution < -0.4 is 9.80 Å². The Morgan fingerprint density at radius 3 is 2.59 bits per heavy atom. The lowest BCUT2D eigenvalue weighted by Crippen LogP contribution is -2.32. The van der Waals surface area contributed by atoms with Crippen LogP contribution in [0.1, 0.15) is 5.56 Å². The average molecular weight is 397 g/mol. The summed E-state index contributed by atoms with van der Waals surface area (Å²) in [6.07, 6.45) is 2.90. The monoisotopic (exact) mass is 397 g/mol. The van der Waals surface area contributed by atoms with Crippen LogP contribution in [0.25, 0.3) is 11.1 Å². The molecule has 3 aromatic rings. The van der Waals surface area contributed by atoms with Gasteiger partial charge in [-0.2, -0.15) is 10.2 Å². The highest BCUT2D eigenvalue weighted by molar-refractivity contribution is 5.85. The Morgan fingerprint density at radius 2 is 1.90 bits per heavy atom. The topological polar surface area (TPSA) is 85.9 Å². The Balaban J connectivity index is 1.70. The van der Waals surface area contributed by atoms with Crippen molar-refractivity contribution in [3.8, 4) is 16.9 Å². The maximum Gasteiger partial charge on any atom is 0.439 e. The summed E-state index contributed by atoms with van der Waals surface area (Å²) < 4.78 is 15.6. The summed E-state index contributed by atoms with van der Waals surface area (Å²) in [6.45, 7) is 0.633. The van der Waals surface area contributed by atoms with Crippen molar-refractivity contribution in [2.75, 3.05) is 32.5 Å². The van der Waals surface area contributed by atoms with Crippen LogP contribution in [-0.2, 0) is 20.9 Å². The third-order valence-corrected chi connectivity index (χ3v) is 4.10. The summed E-state index contributed by atoms with van der Waals surface area (Å²) in [6, 6.07) is 14.6. The van der Waals surface area contributed by atoms with E-state index in [0.717, 1.165) is 21.8 Å². The van der Waals surface area contributed by atoms with Crippen LogP contribution in [0.5, 0.6) is 5.75 Å². The minimum Gasteiger partial charge on any atom is -0.497 e. The molecule has 1 aromatic heterocycles. The standard InChI is InChI=1S/C21H23N3O5/c1-26-10-11-29-24(19-8-6-17(7-9-19)18-13-22-23-14-18)21(25)28-15-16-4-3-5-20(12-16)27-2/h3-9,12-14H,10-11,15H2,1-2H3,(H,22,23). The maximum absolute atomic E-state index is 12.7. The zero-order valence-corrected chi connectivity index (χ0v) is 16.3. The SMILES string of the molecule is COCCON(C(=O)OCc1cccc(OC)c1)c1ccc(-c2cn[nH]c2)cc1. The first-order valence-electron chi connectivity index (χ1n) is 9.02. The van der Waals surface area contributed by atoms with Crippen molar-refractivity contribution in [2.24, 2.45) is 0 Å². The lowest BCUT2D eigenvalue weighted by Gasteiger charge is -2.21. The zero-order chi connectivity index (χ0) is 20.5. The summed E-state index contributed by atoms with van der Waals surface area (Å²) >= 11 is 0. The highest BCUT2D eigenvalue weighted by Crippen LogP contribution is 2.23. The van der Waals surface area contributed by atoms with Gasteiger partial charge in [-0.25, -0.2) is 4.79 Å². The number of ether oxygens (including phenoxy) is 3. The number of benzene rings is 2. The molecule has 0 saturated heterocycles. The van der Waals surface area contributed by atoms with E-state index in [1.165, 1.54) is 0 Å². The fourth-order valence-electron chi connectivity index (χ4n) is 2.61. The van der Waals surface area contributed by atoms with Gasteiger partial charge in [-0.3, -0.25) is 9.94 Å². The molecular formula is C21H23N3O5. The number of hydrogen-bond donors (Lipinski definition) is 1. The molecule has 1 N–H and O–H groups in total. The molecule has 2 aromatic carbocycles. The molecule has 0 aliphatic rings. The molecule has 8 heteroatoms. The van der Waals surface area contributed by atoms with Gasteiger partial charge in [0.15, 0.2) is 0 Å². The second kappa shape index (κ2) is 10.3. The van der Waals surface area contributed by atoms with Gasteiger partial charge in [0.05, 0.1) is 32.2 Å². The van der Waals surface area contributed by atoms with E-state index < -0.39 is 6.09 Å². The van der Waals surface area contributed by atoms with Crippen molar-refractivity contribution < 1.29 is 23.8 Å². The molecule has 8 nitrogen and oxygen atoms in total. The molecule has 0 atom stereocenters. The molecule has 0 fully saturated rings. The summed E-state index contributed by atoms with van der Waals surface area (Å²) in [4.78, 5) is 18.3. The Morgan fingerprint density at radius 1 is 1.07 bits per heavy atom. The van der Waals surface area contributed by atoms with Crippen LogP contribution in [0, 0.1) is 0 Å². The minimum absolute atomic E-state index is 0.0905. The Labute approximate surface area is 168 Å². The molecule has 0 saturated carbocycles. The number of aromatic nitrogens is 2. The van der Waals surface area contributed by atoms with E-state index in [2.05, 4.69) is 10.2 Å². The average Bonchev–Trinajstić information content (AvgIpc) is 3.30. The third-order valence-electron chi connectivity index (χ3n) is 4.10. The number of nitrogens with zero attached hydrogens (tertiary/aromatic N) is 2. The molecule has 152 valence electrons. The molecule has 0 aliphatic heterocycles. The van der Waals surface area contributed by atoms with Crippen molar-refractivity contribution in [3.63, 3.8) is 0 Å². The third kappa shape index (κ3) is 5.56. The maximum atomic E-state index is 12.7. The number of carbonyl (C=O) groups is 1. The van der Waals surface area contributed by atoms with Gasteiger partial charge in [0.25, 0.3) is 0 Å². The first kappa shape index (κ1) is 20.4. The quantitative estimate of drug-likeness (QED) is 0.437. The first-order valence-corrected chi connectivity index (χ1v) is 9.02. The van der Waals surface area contributed by atoms with Crippen LogP contribution in [0.3, 0.4) is 0 Å². The summed E-state index contributed by atoms with van der Waals surface area (Å²) in [5.41, 5.74) is 3.27. The minimum atomic E-state index is -0.625. The molecule has 0 spiro atoms. The lowest BCUT2D eigenvalue weighted by molar-refractivity contribution is 0.0422. The summed E-state index contributed by atoms with van der Waals surface area (Å²) in [5, 5.41) is 7.84. The number of hydroxylamine groups is 1. The normalized spacial score (nSPS) is 10.6. The van der Waals surface area contributed by atoms with E-state index in [-0.39, 0.29) is 13.2 Å². The second-order valence-electron chi connectivity index (χ2n) is 6.06. The van der Waals surface area contributed by atoms with Crippen LogP contribution in [0.15, 0.2) is 60.9 Å². The van der Waals surface area contributed by atoms with E-state index >= 15 is 0 Å². The molecule has 1 heterocycles. The molecular weight excluding hydrogens is 374 g/mol. The molecule has 0 aliphatic carbocycles. The lowest BCUT2D eigenvalue weighted by atomic mass is 10.1. The van der Waals surface area contributed by atoms with E-state index in [1.807, 2.05) is 36.4 Å². The zero-order valence-electron chi connectivity index (χ0n) is 16.3. The van der Waals surface area contributed by atoms with Gasteiger partial charge in [-0.05, 0) is 35.4 Å². The Hall–Kier alpha value is -3.36. The Kier molecular flexibility index (Phi) is 7.21. The molecule has 0 bridgehead atoms. The largest absolute Gasteiger partial charge is 0.497 e. The van der Waals surface area contributed by atoms with E-state index in [4.69, 9.17) is 19.0 Å². The molecule has 3 rings (SSSR count). The van der Waals surface area contributed by atoms with Crippen molar-refractivity contribution in [3.05, 3.63) is 66.5 Å². The van der Waals surface area contributed by atoms with Gasteiger partial charge in [-0.1, -0.05) is 24.3 Å². The Bertz CT molecular complexity index is 897. The number of carbonyl (C=O) groups excluding carboxylic acids is 1. The van der Waals surface area contributed by atoms with Gasteiger partial charge >= 0.3 is 6.09 Å². The number of aromatic amines is 1. The fraction of sp³-hybridized carbons (Fsp3) is 0.238. The van der Waals surface area contributed by atoms with E-state index in [1.54, 1.807) is 38.7 Å². The van der Waals surface area contributed by atoms with Crippen molar-refractivity contribution in [2.45, 2.75) is 6.61 Å². The fourth-order valence-corrected chi connectivity index (χ4v) is 2.61. The number of H-pyrrole nitrogens is 1. The van der Waals surface area contributed by atoms with Gasteiger partial charge in [-0.15, -0.1) is 0 Å². The first-order chi connectivity index (χ1) is 14.2. The van der Waals surface area contributed by atoms with Gasteiger partial charge in [0.1, 0.15) is 12.4 Å². The predicted octanol–water partition coefficient (Wildman–Crippen LogP) is 3.81. The van der Waals surface area contributed by atoms with Crippen LogP contribution in [-0.4, -0.2) is 43.7 Å². The number of anilines is 1. The number of rotatable bonds is 9. The number of nitrogens with one attached hydrogen (secondary N) is 1. The molecule has 1 amide bonds. The van der Waals surface area contributed by atoms with Gasteiger partial charge in [0.2, 0.25) is 0 Å². The van der Waals surface area contributed by atoms with Crippen LogP contribution >= 0.6 is 0 Å². The smallest absolute Gasteiger partial charge is 0.439 e. The number of hydrogen-bond acceptors (Lipinski definition) is 6. The van der Waals surface area contributed by atoms with Crippen molar-refractivity contribution in [1.29, 1.82) is 0 Å². The number of amides is 1. The van der Waals surface area contributed by atoms with Crippen molar-refractivity contribution in [1.82, 2.24) is 10.2 Å². The highest BCUT2D eigenvalue weighted by Gasteiger charge is 2.19. The highest BCUT2D eigenvalue weighted by atomic mass is 16.7. The van der Waals surface area contributed by atoms with Crippen molar-refractivity contribution >= 4 is 11.8 Å². The molecule has 29 heavy (non-hydrogen) atoms. The van der Waals surface area contributed by atoms with Gasteiger partial charge < -0.3 is 14.2 Å². The molecule has 0 unspecified atom stereocenters. The predicted molar refractivity (Wildman–Crippen MR) is 108 cm³/mol. The number of methoxy groups -OCH3 is 2. The summed E-state index contributed by atoms with van der Waals surface area (Å²) in [5.74, 6) is 0.696. The van der Waals surface area contributed by atoms with E-state index in [0.29, 0.717) is 18.0 Å². The second-order valence-corrected chi connectivity index (χ2v) is 6.06. The summed E-state index contributed by atoms with van der Waals surface area (Å²) in [7, 11) is 3.15.